The fraction of sp³-hybridized carbons (Fsp3) is 0.143. The minimum atomic E-state index is -0.103. The van der Waals surface area contributed by atoms with Crippen molar-refractivity contribution in [2.24, 2.45) is 0 Å². The fourth-order valence-corrected chi connectivity index (χ4v) is 2.74. The Morgan fingerprint density at radius 3 is 2.90 bits per heavy atom. The summed E-state index contributed by atoms with van der Waals surface area (Å²) in [6.45, 7) is 0. The standard InChI is InChI=1S/C14H13BrClN3OS/c15-9-1-4-14(18-8-9)21-6-5-13(20)19-12-7-10(16)2-3-11(12)17/h1-4,7-8H,5-6,17H2,(H,19,20). The summed E-state index contributed by atoms with van der Waals surface area (Å²) < 4.78 is 0.932. The molecule has 2 aromatic rings. The Balaban J connectivity index is 1.82. The highest BCUT2D eigenvalue weighted by Crippen LogP contribution is 2.23. The van der Waals surface area contributed by atoms with E-state index in [2.05, 4.69) is 26.2 Å². The van der Waals surface area contributed by atoms with Crippen molar-refractivity contribution in [3.05, 3.63) is 46.0 Å². The molecule has 110 valence electrons. The number of benzene rings is 1. The molecule has 1 aromatic heterocycles. The summed E-state index contributed by atoms with van der Waals surface area (Å²) in [6.07, 6.45) is 2.10. The summed E-state index contributed by atoms with van der Waals surface area (Å²) in [5.41, 5.74) is 6.81. The number of aromatic nitrogens is 1. The molecule has 1 amide bonds. The molecular formula is C14H13BrClN3OS. The van der Waals surface area contributed by atoms with Crippen LogP contribution in [-0.4, -0.2) is 16.6 Å². The van der Waals surface area contributed by atoms with E-state index in [0.29, 0.717) is 28.6 Å². The van der Waals surface area contributed by atoms with Gasteiger partial charge in [-0.2, -0.15) is 0 Å². The highest BCUT2D eigenvalue weighted by molar-refractivity contribution is 9.10. The molecule has 0 aliphatic carbocycles. The van der Waals surface area contributed by atoms with Crippen molar-refractivity contribution in [1.29, 1.82) is 0 Å². The second-order valence-electron chi connectivity index (χ2n) is 4.19. The number of anilines is 2. The van der Waals surface area contributed by atoms with Gasteiger partial charge in [-0.25, -0.2) is 4.98 Å². The Labute approximate surface area is 140 Å². The van der Waals surface area contributed by atoms with Gasteiger partial charge in [0.05, 0.1) is 16.4 Å². The van der Waals surface area contributed by atoms with Crippen LogP contribution >= 0.6 is 39.3 Å². The predicted octanol–water partition coefficient (Wildman–Crippen LogP) is 4.20. The number of halogens is 2. The van der Waals surface area contributed by atoms with Crippen LogP contribution in [0.25, 0.3) is 0 Å². The van der Waals surface area contributed by atoms with Crippen LogP contribution in [0, 0.1) is 0 Å². The zero-order chi connectivity index (χ0) is 15.2. The first kappa shape index (κ1) is 16.1. The molecule has 3 N–H and O–H groups in total. The van der Waals surface area contributed by atoms with Crippen molar-refractivity contribution < 1.29 is 4.79 Å². The van der Waals surface area contributed by atoms with Crippen molar-refractivity contribution in [3.8, 4) is 0 Å². The Morgan fingerprint density at radius 2 is 2.19 bits per heavy atom. The number of thioether (sulfide) groups is 1. The molecule has 0 unspecified atom stereocenters. The second-order valence-corrected chi connectivity index (χ2v) is 6.66. The number of nitrogen functional groups attached to an aromatic ring is 1. The van der Waals surface area contributed by atoms with Gasteiger partial charge in [0.25, 0.3) is 0 Å². The summed E-state index contributed by atoms with van der Waals surface area (Å²) in [5.74, 6) is 0.537. The van der Waals surface area contributed by atoms with Crippen molar-refractivity contribution in [2.45, 2.75) is 11.4 Å². The topological polar surface area (TPSA) is 68.0 Å². The van der Waals surface area contributed by atoms with Gasteiger partial charge in [-0.05, 0) is 46.3 Å². The van der Waals surface area contributed by atoms with Crippen LogP contribution in [0.4, 0.5) is 11.4 Å². The zero-order valence-electron chi connectivity index (χ0n) is 11.0. The van der Waals surface area contributed by atoms with Gasteiger partial charge in [0.2, 0.25) is 5.91 Å². The number of carbonyl (C=O) groups is 1. The molecule has 2 rings (SSSR count). The van der Waals surface area contributed by atoms with Crippen molar-refractivity contribution in [1.82, 2.24) is 4.98 Å². The number of nitrogens with two attached hydrogens (primary N) is 1. The van der Waals surface area contributed by atoms with E-state index in [0.717, 1.165) is 9.50 Å². The Kier molecular flexibility index (Phi) is 5.90. The monoisotopic (exact) mass is 385 g/mol. The molecule has 0 spiro atoms. The maximum Gasteiger partial charge on any atom is 0.225 e. The van der Waals surface area contributed by atoms with Crippen LogP contribution in [0.2, 0.25) is 5.02 Å². The summed E-state index contributed by atoms with van der Waals surface area (Å²) in [4.78, 5) is 16.1. The van der Waals surface area contributed by atoms with Gasteiger partial charge < -0.3 is 11.1 Å². The second kappa shape index (κ2) is 7.68. The Bertz CT molecular complexity index is 637. The fourth-order valence-electron chi connectivity index (χ4n) is 1.55. The molecule has 0 aliphatic heterocycles. The number of carbonyl (C=O) groups excluding carboxylic acids is 1. The smallest absolute Gasteiger partial charge is 0.225 e. The molecule has 21 heavy (non-hydrogen) atoms. The van der Waals surface area contributed by atoms with E-state index in [9.17, 15) is 4.79 Å². The van der Waals surface area contributed by atoms with Crippen molar-refractivity contribution in [3.63, 3.8) is 0 Å². The van der Waals surface area contributed by atoms with Crippen molar-refractivity contribution >= 4 is 56.6 Å². The van der Waals surface area contributed by atoms with Gasteiger partial charge in [-0.15, -0.1) is 11.8 Å². The maximum atomic E-state index is 11.9. The summed E-state index contributed by atoms with van der Waals surface area (Å²) in [6, 6.07) is 8.81. The number of hydrogen-bond acceptors (Lipinski definition) is 4. The third kappa shape index (κ3) is 5.22. The lowest BCUT2D eigenvalue weighted by Gasteiger charge is -2.08. The number of amides is 1. The van der Waals surface area contributed by atoms with Gasteiger partial charge in [-0.1, -0.05) is 11.6 Å². The number of hydrogen-bond donors (Lipinski definition) is 2. The number of pyridine rings is 1. The van der Waals surface area contributed by atoms with Crippen LogP contribution < -0.4 is 11.1 Å². The van der Waals surface area contributed by atoms with E-state index in [-0.39, 0.29) is 5.91 Å². The number of nitrogens with one attached hydrogen (secondary N) is 1. The average Bonchev–Trinajstić information content (AvgIpc) is 2.45. The SMILES string of the molecule is Nc1ccc(Cl)cc1NC(=O)CCSc1ccc(Br)cn1. The molecule has 4 nitrogen and oxygen atoms in total. The van der Waals surface area contributed by atoms with Crippen LogP contribution in [0.3, 0.4) is 0 Å². The third-order valence-electron chi connectivity index (χ3n) is 2.57. The van der Waals surface area contributed by atoms with E-state index in [1.807, 2.05) is 12.1 Å². The maximum absolute atomic E-state index is 11.9. The largest absolute Gasteiger partial charge is 0.397 e. The lowest BCUT2D eigenvalue weighted by atomic mass is 10.2. The quantitative estimate of drug-likeness (QED) is 0.597. The van der Waals surface area contributed by atoms with Crippen LogP contribution in [0.15, 0.2) is 46.0 Å². The lowest BCUT2D eigenvalue weighted by molar-refractivity contribution is -0.115. The van der Waals surface area contributed by atoms with E-state index < -0.39 is 0 Å². The first-order valence-corrected chi connectivity index (χ1v) is 8.29. The highest BCUT2D eigenvalue weighted by Gasteiger charge is 2.06. The summed E-state index contributed by atoms with van der Waals surface area (Å²) in [7, 11) is 0. The molecule has 0 saturated carbocycles. The van der Waals surface area contributed by atoms with Gasteiger partial charge >= 0.3 is 0 Å². The van der Waals surface area contributed by atoms with Gasteiger partial charge in [0.1, 0.15) is 0 Å². The van der Waals surface area contributed by atoms with Gasteiger partial charge in [0, 0.05) is 27.9 Å². The first-order valence-electron chi connectivity index (χ1n) is 6.14. The Hall–Kier alpha value is -1.24. The molecule has 0 fully saturated rings. The number of rotatable bonds is 5. The molecule has 1 heterocycles. The predicted molar refractivity (Wildman–Crippen MR) is 91.8 cm³/mol. The first-order chi connectivity index (χ1) is 10.0. The molecule has 7 heteroatoms. The van der Waals surface area contributed by atoms with Crippen LogP contribution in [0.1, 0.15) is 6.42 Å². The van der Waals surface area contributed by atoms with Gasteiger partial charge in [0.15, 0.2) is 0 Å². The molecule has 0 saturated heterocycles. The minimum Gasteiger partial charge on any atom is -0.397 e. The molecular weight excluding hydrogens is 374 g/mol. The summed E-state index contributed by atoms with van der Waals surface area (Å²) in [5, 5.41) is 4.17. The number of nitrogens with zero attached hydrogens (tertiary/aromatic N) is 1. The molecule has 0 radical (unpaired) electrons. The van der Waals surface area contributed by atoms with Crippen LogP contribution in [-0.2, 0) is 4.79 Å². The molecule has 0 atom stereocenters. The molecule has 1 aromatic carbocycles. The van der Waals surface area contributed by atoms with Crippen molar-refractivity contribution in [2.75, 3.05) is 16.8 Å². The average molecular weight is 387 g/mol. The zero-order valence-corrected chi connectivity index (χ0v) is 14.1. The molecule has 0 aliphatic rings. The van der Waals surface area contributed by atoms with E-state index in [1.165, 1.54) is 11.8 Å². The highest BCUT2D eigenvalue weighted by atomic mass is 79.9. The Morgan fingerprint density at radius 1 is 1.38 bits per heavy atom. The van der Waals surface area contributed by atoms with Gasteiger partial charge in [-0.3, -0.25) is 4.79 Å². The normalized spacial score (nSPS) is 10.4. The summed E-state index contributed by atoms with van der Waals surface area (Å²) >= 11 is 10.7. The van der Waals surface area contributed by atoms with E-state index in [4.69, 9.17) is 17.3 Å². The lowest BCUT2D eigenvalue weighted by Crippen LogP contribution is -2.13. The third-order valence-corrected chi connectivity index (χ3v) is 4.22. The van der Waals surface area contributed by atoms with E-state index >= 15 is 0 Å². The van der Waals surface area contributed by atoms with Crippen LogP contribution in [0.5, 0.6) is 0 Å². The van der Waals surface area contributed by atoms with E-state index in [1.54, 1.807) is 24.4 Å². The minimum absolute atomic E-state index is 0.103. The molecule has 0 bridgehead atoms.